The van der Waals surface area contributed by atoms with Crippen LogP contribution in [0.2, 0.25) is 0 Å². The molecule has 1 saturated carbocycles. The Bertz CT molecular complexity index is 431. The van der Waals surface area contributed by atoms with E-state index in [1.165, 1.54) is 6.92 Å². The van der Waals surface area contributed by atoms with Crippen molar-refractivity contribution in [2.75, 3.05) is 32.7 Å². The zero-order valence-electron chi connectivity index (χ0n) is 14.7. The maximum Gasteiger partial charge on any atom is 0.248 e. The van der Waals surface area contributed by atoms with Crippen molar-refractivity contribution in [1.82, 2.24) is 15.1 Å². The van der Waals surface area contributed by atoms with Crippen molar-refractivity contribution >= 4 is 11.8 Å². The van der Waals surface area contributed by atoms with Gasteiger partial charge in [-0.05, 0) is 26.7 Å². The summed E-state index contributed by atoms with van der Waals surface area (Å²) in [5, 5.41) is 12.9. The first-order valence-electron chi connectivity index (χ1n) is 8.75. The Balaban J connectivity index is 1.97. The molecule has 1 aliphatic heterocycles. The van der Waals surface area contributed by atoms with Crippen LogP contribution in [0.1, 0.15) is 52.9 Å². The van der Waals surface area contributed by atoms with Gasteiger partial charge in [0.1, 0.15) is 5.54 Å². The second-order valence-electron chi connectivity index (χ2n) is 7.70. The lowest BCUT2D eigenvalue weighted by Crippen LogP contribution is -2.63. The SMILES string of the molecule is CC(=O)NC1(C(=O)N2CCN(CC(C)(C)O)CC2)CCCCC1. The van der Waals surface area contributed by atoms with Gasteiger partial charge in [0, 0.05) is 39.6 Å². The minimum atomic E-state index is -0.715. The van der Waals surface area contributed by atoms with Gasteiger partial charge in [-0.3, -0.25) is 14.5 Å². The Kier molecular flexibility index (Phi) is 5.68. The van der Waals surface area contributed by atoms with Crippen molar-refractivity contribution in [2.24, 2.45) is 0 Å². The van der Waals surface area contributed by atoms with E-state index in [0.717, 1.165) is 45.2 Å². The number of carbonyl (C=O) groups excluding carboxylic acids is 2. The maximum absolute atomic E-state index is 13.0. The molecular formula is C17H31N3O3. The van der Waals surface area contributed by atoms with Crippen LogP contribution >= 0.6 is 0 Å². The van der Waals surface area contributed by atoms with Gasteiger partial charge >= 0.3 is 0 Å². The second-order valence-corrected chi connectivity index (χ2v) is 7.70. The Morgan fingerprint density at radius 3 is 2.13 bits per heavy atom. The molecule has 0 radical (unpaired) electrons. The predicted molar refractivity (Wildman–Crippen MR) is 89.0 cm³/mol. The summed E-state index contributed by atoms with van der Waals surface area (Å²) < 4.78 is 0. The van der Waals surface area contributed by atoms with Crippen molar-refractivity contribution in [3.05, 3.63) is 0 Å². The Labute approximate surface area is 139 Å². The van der Waals surface area contributed by atoms with E-state index in [4.69, 9.17) is 0 Å². The fourth-order valence-corrected chi connectivity index (χ4v) is 3.84. The summed E-state index contributed by atoms with van der Waals surface area (Å²) in [5.74, 6) is -0.0452. The highest BCUT2D eigenvalue weighted by Gasteiger charge is 2.43. The zero-order chi connectivity index (χ0) is 17.1. The molecule has 6 nitrogen and oxygen atoms in total. The maximum atomic E-state index is 13.0. The van der Waals surface area contributed by atoms with E-state index < -0.39 is 11.1 Å². The van der Waals surface area contributed by atoms with E-state index in [9.17, 15) is 14.7 Å². The number of amides is 2. The van der Waals surface area contributed by atoms with Crippen molar-refractivity contribution in [3.8, 4) is 0 Å². The van der Waals surface area contributed by atoms with Gasteiger partial charge in [0.05, 0.1) is 5.60 Å². The quantitative estimate of drug-likeness (QED) is 0.800. The fraction of sp³-hybridized carbons (Fsp3) is 0.882. The van der Waals surface area contributed by atoms with Gasteiger partial charge in [-0.2, -0.15) is 0 Å². The van der Waals surface area contributed by atoms with Gasteiger partial charge in [0.15, 0.2) is 0 Å². The molecule has 0 spiro atoms. The van der Waals surface area contributed by atoms with Gasteiger partial charge in [0.25, 0.3) is 0 Å². The molecule has 132 valence electrons. The molecule has 2 fully saturated rings. The molecule has 1 aliphatic carbocycles. The topological polar surface area (TPSA) is 72.9 Å². The highest BCUT2D eigenvalue weighted by Crippen LogP contribution is 2.30. The lowest BCUT2D eigenvalue weighted by molar-refractivity contribution is -0.145. The standard InChI is InChI=1S/C17H31N3O3/c1-14(21)18-17(7-5-4-6-8-17)15(22)20-11-9-19(10-12-20)13-16(2,3)23/h23H,4-13H2,1-3H3,(H,18,21). The molecule has 0 unspecified atom stereocenters. The summed E-state index contributed by atoms with van der Waals surface area (Å²) in [6.45, 7) is 8.58. The van der Waals surface area contributed by atoms with Crippen LogP contribution in [0.4, 0.5) is 0 Å². The number of hydrogen-bond donors (Lipinski definition) is 2. The van der Waals surface area contributed by atoms with E-state index >= 15 is 0 Å². The monoisotopic (exact) mass is 325 g/mol. The number of piperazine rings is 1. The number of rotatable bonds is 4. The number of carbonyl (C=O) groups is 2. The van der Waals surface area contributed by atoms with Crippen molar-refractivity contribution in [3.63, 3.8) is 0 Å². The molecule has 0 aromatic heterocycles. The molecule has 1 heterocycles. The molecular weight excluding hydrogens is 294 g/mol. The lowest BCUT2D eigenvalue weighted by atomic mass is 9.80. The van der Waals surface area contributed by atoms with Crippen LogP contribution in [-0.4, -0.2) is 70.6 Å². The molecule has 0 atom stereocenters. The minimum absolute atomic E-state index is 0.0790. The molecule has 2 rings (SSSR count). The molecule has 2 amide bonds. The smallest absolute Gasteiger partial charge is 0.248 e. The molecule has 2 aliphatic rings. The highest BCUT2D eigenvalue weighted by atomic mass is 16.3. The van der Waals surface area contributed by atoms with Crippen molar-refractivity contribution in [1.29, 1.82) is 0 Å². The van der Waals surface area contributed by atoms with E-state index in [2.05, 4.69) is 10.2 Å². The van der Waals surface area contributed by atoms with E-state index in [1.807, 2.05) is 4.90 Å². The number of nitrogens with zero attached hydrogens (tertiary/aromatic N) is 2. The van der Waals surface area contributed by atoms with Gasteiger partial charge in [-0.25, -0.2) is 0 Å². The first-order chi connectivity index (χ1) is 10.7. The number of β-amino-alcohol motifs (C(OH)–C–C–N with tert-alkyl or cyclic N) is 1. The van der Waals surface area contributed by atoms with Crippen LogP contribution in [0.3, 0.4) is 0 Å². The summed E-state index contributed by atoms with van der Waals surface area (Å²) in [5.41, 5.74) is -1.41. The zero-order valence-corrected chi connectivity index (χ0v) is 14.7. The normalized spacial score (nSPS) is 22.7. The summed E-state index contributed by atoms with van der Waals surface area (Å²) in [4.78, 5) is 28.7. The van der Waals surface area contributed by atoms with E-state index in [0.29, 0.717) is 19.6 Å². The summed E-state index contributed by atoms with van der Waals surface area (Å²) in [7, 11) is 0. The van der Waals surface area contributed by atoms with E-state index in [1.54, 1.807) is 13.8 Å². The third kappa shape index (κ3) is 4.91. The van der Waals surface area contributed by atoms with Gasteiger partial charge in [-0.1, -0.05) is 19.3 Å². The average Bonchev–Trinajstić information content (AvgIpc) is 2.46. The van der Waals surface area contributed by atoms with Crippen LogP contribution < -0.4 is 5.32 Å². The predicted octanol–water partition coefficient (Wildman–Crippen LogP) is 0.741. The van der Waals surface area contributed by atoms with Crippen LogP contribution in [0, 0.1) is 0 Å². The molecule has 0 bridgehead atoms. The number of nitrogens with one attached hydrogen (secondary N) is 1. The lowest BCUT2D eigenvalue weighted by Gasteiger charge is -2.43. The molecule has 0 aromatic carbocycles. The Morgan fingerprint density at radius 1 is 1.09 bits per heavy atom. The summed E-state index contributed by atoms with van der Waals surface area (Å²) >= 11 is 0. The largest absolute Gasteiger partial charge is 0.389 e. The molecule has 2 N–H and O–H groups in total. The number of hydrogen-bond acceptors (Lipinski definition) is 4. The molecule has 1 saturated heterocycles. The van der Waals surface area contributed by atoms with Gasteiger partial charge < -0.3 is 15.3 Å². The summed E-state index contributed by atoms with van der Waals surface area (Å²) in [6, 6.07) is 0. The second kappa shape index (κ2) is 7.18. The third-order valence-corrected chi connectivity index (χ3v) is 4.80. The van der Waals surface area contributed by atoms with Gasteiger partial charge in [0.2, 0.25) is 11.8 Å². The fourth-order valence-electron chi connectivity index (χ4n) is 3.84. The van der Waals surface area contributed by atoms with Crippen LogP contribution in [0.15, 0.2) is 0 Å². The van der Waals surface area contributed by atoms with Crippen LogP contribution in [-0.2, 0) is 9.59 Å². The Hall–Kier alpha value is -1.14. The first kappa shape index (κ1) is 18.2. The molecule has 0 aromatic rings. The average molecular weight is 325 g/mol. The van der Waals surface area contributed by atoms with Crippen molar-refractivity contribution in [2.45, 2.75) is 64.0 Å². The summed E-state index contributed by atoms with van der Waals surface area (Å²) in [6.07, 6.45) is 4.61. The first-order valence-corrected chi connectivity index (χ1v) is 8.75. The third-order valence-electron chi connectivity index (χ3n) is 4.80. The Morgan fingerprint density at radius 2 is 1.65 bits per heavy atom. The minimum Gasteiger partial charge on any atom is -0.389 e. The van der Waals surface area contributed by atoms with Crippen LogP contribution in [0.5, 0.6) is 0 Å². The number of aliphatic hydroxyl groups is 1. The van der Waals surface area contributed by atoms with E-state index in [-0.39, 0.29) is 11.8 Å². The van der Waals surface area contributed by atoms with Crippen molar-refractivity contribution < 1.29 is 14.7 Å². The van der Waals surface area contributed by atoms with Gasteiger partial charge in [-0.15, -0.1) is 0 Å². The molecule has 6 heteroatoms. The highest BCUT2D eigenvalue weighted by molar-refractivity contribution is 5.91. The van der Waals surface area contributed by atoms with Crippen LogP contribution in [0.25, 0.3) is 0 Å². The molecule has 23 heavy (non-hydrogen) atoms.